The normalized spacial score (nSPS) is 9.14. The number of aromatic hydroxyl groups is 1. The number of rotatable bonds is 0. The van der Waals surface area contributed by atoms with Crippen LogP contribution in [-0.4, -0.2) is 10.1 Å². The molecule has 1 aromatic heterocycles. The number of nitrogens with zero attached hydrogens (tertiary/aromatic N) is 1. The Morgan fingerprint density at radius 2 is 2.57 bits per heavy atom. The fourth-order valence-electron chi connectivity index (χ4n) is 0.279. The first-order valence-corrected chi connectivity index (χ1v) is 2.57. The molecule has 0 aliphatic carbocycles. The van der Waals surface area contributed by atoms with Gasteiger partial charge < -0.3 is 10.8 Å². The molecule has 1 heterocycles. The highest BCUT2D eigenvalue weighted by Gasteiger charge is 1.89. The van der Waals surface area contributed by atoms with Crippen LogP contribution in [0.4, 0.5) is 5.13 Å². The van der Waals surface area contributed by atoms with Gasteiger partial charge in [0.25, 0.3) is 0 Å². The summed E-state index contributed by atoms with van der Waals surface area (Å²) >= 11 is 1.22. The molecule has 0 saturated carbocycles. The van der Waals surface area contributed by atoms with E-state index < -0.39 is 0 Å². The van der Waals surface area contributed by atoms with Gasteiger partial charge in [0.2, 0.25) is 5.88 Å². The average Bonchev–Trinajstić information content (AvgIpc) is 1.87. The first-order valence-electron chi connectivity index (χ1n) is 1.69. The van der Waals surface area contributed by atoms with E-state index in [1.165, 1.54) is 16.7 Å². The summed E-state index contributed by atoms with van der Waals surface area (Å²) in [7, 11) is 0. The minimum absolute atomic E-state index is 0.00231. The van der Waals surface area contributed by atoms with E-state index in [-0.39, 0.29) is 5.88 Å². The molecule has 0 atom stereocenters. The lowest BCUT2D eigenvalue weighted by atomic mass is 10.9. The number of aromatic nitrogens is 1. The van der Waals surface area contributed by atoms with E-state index in [2.05, 4.69) is 4.98 Å². The fourth-order valence-corrected chi connectivity index (χ4v) is 0.704. The zero-order valence-electron chi connectivity index (χ0n) is 3.46. The van der Waals surface area contributed by atoms with Gasteiger partial charge in [0, 0.05) is 0 Å². The maximum absolute atomic E-state index is 8.47. The first kappa shape index (κ1) is 4.39. The van der Waals surface area contributed by atoms with Crippen molar-refractivity contribution in [3.63, 3.8) is 0 Å². The van der Waals surface area contributed by atoms with Crippen LogP contribution in [0.1, 0.15) is 0 Å². The van der Waals surface area contributed by atoms with Gasteiger partial charge in [0.1, 0.15) is 0 Å². The van der Waals surface area contributed by atoms with Crippen LogP contribution in [0.5, 0.6) is 5.88 Å². The SMILES string of the molecule is Nc1nc(O)cs1. The molecule has 0 aliphatic heterocycles. The Bertz CT molecular complexity index is 145. The maximum atomic E-state index is 8.47. The van der Waals surface area contributed by atoms with E-state index in [1.54, 1.807) is 0 Å². The Morgan fingerprint density at radius 3 is 2.71 bits per heavy atom. The highest BCUT2D eigenvalue weighted by atomic mass is 32.1. The Hall–Kier alpha value is -0.770. The van der Waals surface area contributed by atoms with Crippen molar-refractivity contribution in [2.45, 2.75) is 0 Å². The number of nitrogens with two attached hydrogens (primary N) is 1. The van der Waals surface area contributed by atoms with Crippen molar-refractivity contribution in [3.05, 3.63) is 5.38 Å². The van der Waals surface area contributed by atoms with Crippen LogP contribution in [0.25, 0.3) is 0 Å². The third-order valence-corrected chi connectivity index (χ3v) is 1.17. The van der Waals surface area contributed by atoms with Crippen molar-refractivity contribution in [3.8, 4) is 5.88 Å². The lowest BCUT2D eigenvalue weighted by molar-refractivity contribution is 0.458. The number of anilines is 1. The van der Waals surface area contributed by atoms with Gasteiger partial charge in [-0.3, -0.25) is 0 Å². The number of nitrogen functional groups attached to an aromatic ring is 1. The van der Waals surface area contributed by atoms with Crippen molar-refractivity contribution >= 4 is 16.5 Å². The minimum Gasteiger partial charge on any atom is -0.493 e. The van der Waals surface area contributed by atoms with E-state index in [1.807, 2.05) is 0 Å². The van der Waals surface area contributed by atoms with Crippen LogP contribution in [0, 0.1) is 0 Å². The average molecular weight is 116 g/mol. The van der Waals surface area contributed by atoms with Gasteiger partial charge in [-0.05, 0) is 0 Å². The summed E-state index contributed by atoms with van der Waals surface area (Å²) in [6.07, 6.45) is 0. The van der Waals surface area contributed by atoms with Crippen molar-refractivity contribution in [2.75, 3.05) is 5.73 Å². The van der Waals surface area contributed by atoms with Crippen LogP contribution < -0.4 is 5.73 Å². The lowest BCUT2D eigenvalue weighted by Gasteiger charge is -1.71. The Labute approximate surface area is 44.4 Å². The van der Waals surface area contributed by atoms with Crippen molar-refractivity contribution in [1.82, 2.24) is 4.98 Å². The number of thiazole rings is 1. The van der Waals surface area contributed by atoms with Gasteiger partial charge in [-0.25, -0.2) is 0 Å². The third-order valence-electron chi connectivity index (χ3n) is 0.510. The molecule has 3 nitrogen and oxygen atoms in total. The molecule has 0 saturated heterocycles. The quantitative estimate of drug-likeness (QED) is 0.516. The first-order chi connectivity index (χ1) is 3.29. The third kappa shape index (κ3) is 0.806. The molecule has 0 spiro atoms. The summed E-state index contributed by atoms with van der Waals surface area (Å²) in [6, 6.07) is 0. The van der Waals surface area contributed by atoms with Gasteiger partial charge in [0.05, 0.1) is 5.38 Å². The Kier molecular flexibility index (Phi) is 0.867. The van der Waals surface area contributed by atoms with Gasteiger partial charge in [-0.2, -0.15) is 4.98 Å². The molecule has 1 aromatic rings. The van der Waals surface area contributed by atoms with Crippen LogP contribution in [0.15, 0.2) is 5.38 Å². The zero-order valence-corrected chi connectivity index (χ0v) is 4.27. The van der Waals surface area contributed by atoms with Crippen molar-refractivity contribution < 1.29 is 5.11 Å². The summed E-state index contributed by atoms with van der Waals surface area (Å²) in [5.74, 6) is 0.00231. The van der Waals surface area contributed by atoms with Crippen LogP contribution in [0.2, 0.25) is 0 Å². The van der Waals surface area contributed by atoms with Crippen LogP contribution in [0.3, 0.4) is 0 Å². The predicted octanol–water partition coefficient (Wildman–Crippen LogP) is 0.431. The summed E-state index contributed by atoms with van der Waals surface area (Å²) in [5.41, 5.74) is 5.13. The summed E-state index contributed by atoms with van der Waals surface area (Å²) in [5, 5.41) is 10.4. The molecule has 38 valence electrons. The topological polar surface area (TPSA) is 59.1 Å². The predicted molar refractivity (Wildman–Crippen MR) is 28.2 cm³/mol. The molecule has 0 aromatic carbocycles. The van der Waals surface area contributed by atoms with Crippen LogP contribution in [-0.2, 0) is 0 Å². The summed E-state index contributed by atoms with van der Waals surface area (Å²) in [4.78, 5) is 3.46. The molecular formula is C3H4N2OS. The maximum Gasteiger partial charge on any atom is 0.223 e. The second-order valence-electron chi connectivity index (χ2n) is 1.04. The smallest absolute Gasteiger partial charge is 0.223 e. The molecule has 1 rings (SSSR count). The van der Waals surface area contributed by atoms with Crippen molar-refractivity contribution in [1.29, 1.82) is 0 Å². The van der Waals surface area contributed by atoms with E-state index in [9.17, 15) is 0 Å². The van der Waals surface area contributed by atoms with Gasteiger partial charge in [-0.1, -0.05) is 0 Å². The summed E-state index contributed by atoms with van der Waals surface area (Å²) < 4.78 is 0. The highest BCUT2D eigenvalue weighted by Crippen LogP contribution is 2.14. The molecule has 0 aliphatic rings. The largest absolute Gasteiger partial charge is 0.493 e. The molecular weight excluding hydrogens is 112 g/mol. The molecule has 3 N–H and O–H groups in total. The van der Waals surface area contributed by atoms with Gasteiger partial charge in [-0.15, -0.1) is 11.3 Å². The van der Waals surface area contributed by atoms with Gasteiger partial charge >= 0.3 is 0 Å². The molecule has 0 radical (unpaired) electrons. The Balaban J connectivity index is 3.04. The number of hydrogen-bond acceptors (Lipinski definition) is 4. The van der Waals surface area contributed by atoms with Gasteiger partial charge in [0.15, 0.2) is 5.13 Å². The van der Waals surface area contributed by atoms with E-state index in [0.717, 1.165) is 0 Å². The molecule has 4 heteroatoms. The van der Waals surface area contributed by atoms with E-state index >= 15 is 0 Å². The van der Waals surface area contributed by atoms with E-state index in [4.69, 9.17) is 10.8 Å². The second-order valence-corrected chi connectivity index (χ2v) is 1.93. The van der Waals surface area contributed by atoms with Crippen molar-refractivity contribution in [2.24, 2.45) is 0 Å². The fraction of sp³-hybridized carbons (Fsp3) is 0. The second kappa shape index (κ2) is 1.38. The molecule has 0 unspecified atom stereocenters. The highest BCUT2D eigenvalue weighted by molar-refractivity contribution is 7.13. The monoisotopic (exact) mass is 116 g/mol. The molecule has 0 bridgehead atoms. The summed E-state index contributed by atoms with van der Waals surface area (Å²) in [6.45, 7) is 0. The minimum atomic E-state index is 0.00231. The van der Waals surface area contributed by atoms with E-state index in [0.29, 0.717) is 5.13 Å². The Morgan fingerprint density at radius 1 is 1.86 bits per heavy atom. The zero-order chi connectivity index (χ0) is 5.28. The lowest BCUT2D eigenvalue weighted by Crippen LogP contribution is -1.78. The number of hydrogen-bond donors (Lipinski definition) is 2. The molecule has 0 fully saturated rings. The standard InChI is InChI=1S/C3H4N2OS/c4-3-5-2(6)1-7-3/h1,6H,(H2,4,5). The molecule has 7 heavy (non-hydrogen) atoms. The van der Waals surface area contributed by atoms with Crippen LogP contribution >= 0.6 is 11.3 Å². The molecule has 0 amide bonds.